The molecular weight excluding hydrogens is 206 g/mol. The second-order valence-corrected chi connectivity index (χ2v) is 4.06. The van der Waals surface area contributed by atoms with Crippen LogP contribution in [0.25, 0.3) is 0 Å². The summed E-state index contributed by atoms with van der Waals surface area (Å²) < 4.78 is 6.45. The zero-order valence-corrected chi connectivity index (χ0v) is 8.43. The summed E-state index contributed by atoms with van der Waals surface area (Å²) in [6, 6.07) is 0. The smallest absolute Gasteiger partial charge is 0.0674 e. The van der Waals surface area contributed by atoms with Gasteiger partial charge in [0.1, 0.15) is 0 Å². The van der Waals surface area contributed by atoms with Gasteiger partial charge in [0.2, 0.25) is 0 Å². The average Bonchev–Trinajstić information content (AvgIpc) is 1.85. The van der Waals surface area contributed by atoms with Crippen molar-refractivity contribution in [2.45, 2.75) is 13.0 Å². The minimum Gasteiger partial charge on any atom is -0.376 e. The Kier molecular flexibility index (Phi) is 3.55. The molecule has 1 heterocycles. The van der Waals surface area contributed by atoms with Gasteiger partial charge in [0.15, 0.2) is 0 Å². The van der Waals surface area contributed by atoms with E-state index in [4.69, 9.17) is 4.74 Å². The van der Waals surface area contributed by atoms with Crippen molar-refractivity contribution in [3.8, 4) is 0 Å². The normalized spacial score (nSPS) is 26.9. The fraction of sp³-hybridized carbons (Fsp3) is 0.750. The number of hydrogen-bond donors (Lipinski definition) is 0. The van der Waals surface area contributed by atoms with Crippen LogP contribution in [0.15, 0.2) is 11.1 Å². The standard InChI is InChI=1S/C8H14BrNO/c1-7(9)5-10-3-4-11-8(2)6-10/h8H,1,3-6H2,2H3. The van der Waals surface area contributed by atoms with Gasteiger partial charge < -0.3 is 4.74 Å². The van der Waals surface area contributed by atoms with Crippen LogP contribution in [0.3, 0.4) is 0 Å². The van der Waals surface area contributed by atoms with Crippen molar-refractivity contribution in [2.24, 2.45) is 0 Å². The molecule has 1 saturated heterocycles. The van der Waals surface area contributed by atoms with Crippen molar-refractivity contribution in [1.29, 1.82) is 0 Å². The molecule has 0 aromatic carbocycles. The summed E-state index contributed by atoms with van der Waals surface area (Å²) in [6.07, 6.45) is 0.371. The zero-order valence-electron chi connectivity index (χ0n) is 6.85. The number of ether oxygens (including phenoxy) is 1. The van der Waals surface area contributed by atoms with Crippen LogP contribution in [0.1, 0.15) is 6.92 Å². The first-order valence-corrected chi connectivity index (χ1v) is 4.65. The lowest BCUT2D eigenvalue weighted by Crippen LogP contribution is -2.41. The van der Waals surface area contributed by atoms with Crippen LogP contribution in [0.4, 0.5) is 0 Å². The number of morpholine rings is 1. The van der Waals surface area contributed by atoms with Crippen molar-refractivity contribution in [3.05, 3.63) is 11.1 Å². The summed E-state index contributed by atoms with van der Waals surface area (Å²) >= 11 is 3.35. The molecule has 11 heavy (non-hydrogen) atoms. The van der Waals surface area contributed by atoms with E-state index in [0.717, 1.165) is 30.7 Å². The molecule has 0 bridgehead atoms. The van der Waals surface area contributed by atoms with Crippen LogP contribution in [0, 0.1) is 0 Å². The third-order valence-electron chi connectivity index (χ3n) is 1.72. The molecule has 0 spiro atoms. The number of nitrogens with zero attached hydrogens (tertiary/aromatic N) is 1. The fourth-order valence-electron chi connectivity index (χ4n) is 1.28. The van der Waals surface area contributed by atoms with E-state index in [1.807, 2.05) is 0 Å². The molecule has 2 nitrogen and oxygen atoms in total. The molecule has 0 aliphatic carbocycles. The molecule has 1 unspecified atom stereocenters. The zero-order chi connectivity index (χ0) is 8.27. The Balaban J connectivity index is 2.28. The molecule has 64 valence electrons. The van der Waals surface area contributed by atoms with E-state index in [0.29, 0.717) is 6.10 Å². The Morgan fingerprint density at radius 2 is 2.55 bits per heavy atom. The Morgan fingerprint density at radius 1 is 1.82 bits per heavy atom. The van der Waals surface area contributed by atoms with Crippen LogP contribution >= 0.6 is 15.9 Å². The van der Waals surface area contributed by atoms with Gasteiger partial charge in [0, 0.05) is 24.1 Å². The lowest BCUT2D eigenvalue weighted by Gasteiger charge is -2.30. The summed E-state index contributed by atoms with van der Waals surface area (Å²) in [5, 5.41) is 0. The van der Waals surface area contributed by atoms with Crippen LogP contribution in [-0.2, 0) is 4.74 Å². The Hall–Kier alpha value is 0.140. The van der Waals surface area contributed by atoms with Gasteiger partial charge in [-0.15, -0.1) is 0 Å². The van der Waals surface area contributed by atoms with Crippen LogP contribution in [0.5, 0.6) is 0 Å². The predicted octanol–water partition coefficient (Wildman–Crippen LogP) is 1.62. The molecule has 0 saturated carbocycles. The molecule has 1 aliphatic heterocycles. The minimum absolute atomic E-state index is 0.371. The minimum atomic E-state index is 0.371. The summed E-state index contributed by atoms with van der Waals surface area (Å²) in [6.45, 7) is 9.74. The summed E-state index contributed by atoms with van der Waals surface area (Å²) in [4.78, 5) is 2.34. The topological polar surface area (TPSA) is 12.5 Å². The maximum absolute atomic E-state index is 5.40. The highest BCUT2D eigenvalue weighted by Crippen LogP contribution is 2.09. The second kappa shape index (κ2) is 4.24. The largest absolute Gasteiger partial charge is 0.376 e. The fourth-order valence-corrected chi connectivity index (χ4v) is 1.63. The van der Waals surface area contributed by atoms with Gasteiger partial charge in [-0.1, -0.05) is 22.5 Å². The first-order chi connectivity index (χ1) is 5.18. The van der Waals surface area contributed by atoms with Gasteiger partial charge in [-0.05, 0) is 6.92 Å². The van der Waals surface area contributed by atoms with E-state index in [1.165, 1.54) is 0 Å². The molecular formula is C8H14BrNO. The number of halogens is 1. The highest BCUT2D eigenvalue weighted by molar-refractivity contribution is 9.11. The lowest BCUT2D eigenvalue weighted by atomic mass is 10.3. The van der Waals surface area contributed by atoms with Crippen molar-refractivity contribution in [3.63, 3.8) is 0 Å². The molecule has 1 fully saturated rings. The highest BCUT2D eigenvalue weighted by atomic mass is 79.9. The third-order valence-corrected chi connectivity index (χ3v) is 1.97. The van der Waals surface area contributed by atoms with Crippen LogP contribution in [0.2, 0.25) is 0 Å². The third kappa shape index (κ3) is 3.36. The summed E-state index contributed by atoms with van der Waals surface area (Å²) in [7, 11) is 0. The van der Waals surface area contributed by atoms with Crippen molar-refractivity contribution in [2.75, 3.05) is 26.2 Å². The van der Waals surface area contributed by atoms with Crippen molar-refractivity contribution >= 4 is 15.9 Å². The maximum atomic E-state index is 5.40. The first-order valence-electron chi connectivity index (χ1n) is 3.85. The number of rotatable bonds is 2. The average molecular weight is 220 g/mol. The molecule has 0 aromatic rings. The molecule has 3 heteroatoms. The van der Waals surface area contributed by atoms with E-state index in [1.54, 1.807) is 0 Å². The van der Waals surface area contributed by atoms with E-state index in [-0.39, 0.29) is 0 Å². The highest BCUT2D eigenvalue weighted by Gasteiger charge is 2.15. The van der Waals surface area contributed by atoms with Gasteiger partial charge in [-0.25, -0.2) is 0 Å². The van der Waals surface area contributed by atoms with E-state index >= 15 is 0 Å². The SMILES string of the molecule is C=C(Br)CN1CCOC(C)C1. The number of hydrogen-bond acceptors (Lipinski definition) is 2. The Morgan fingerprint density at radius 3 is 3.09 bits per heavy atom. The van der Waals surface area contributed by atoms with E-state index in [2.05, 4.69) is 34.3 Å². The monoisotopic (exact) mass is 219 g/mol. The van der Waals surface area contributed by atoms with Gasteiger partial charge >= 0.3 is 0 Å². The van der Waals surface area contributed by atoms with Gasteiger partial charge in [-0.3, -0.25) is 4.90 Å². The summed E-state index contributed by atoms with van der Waals surface area (Å²) in [5.41, 5.74) is 0. The molecule has 1 rings (SSSR count). The van der Waals surface area contributed by atoms with Crippen LogP contribution in [-0.4, -0.2) is 37.2 Å². The maximum Gasteiger partial charge on any atom is 0.0674 e. The Bertz CT molecular complexity index is 149. The lowest BCUT2D eigenvalue weighted by molar-refractivity contribution is -0.0142. The van der Waals surface area contributed by atoms with E-state index < -0.39 is 0 Å². The van der Waals surface area contributed by atoms with E-state index in [9.17, 15) is 0 Å². The van der Waals surface area contributed by atoms with Gasteiger partial charge in [0.25, 0.3) is 0 Å². The second-order valence-electron chi connectivity index (χ2n) is 2.93. The van der Waals surface area contributed by atoms with Crippen molar-refractivity contribution in [1.82, 2.24) is 4.90 Å². The molecule has 0 radical (unpaired) electrons. The van der Waals surface area contributed by atoms with Gasteiger partial charge in [-0.2, -0.15) is 0 Å². The first kappa shape index (κ1) is 9.23. The van der Waals surface area contributed by atoms with Crippen molar-refractivity contribution < 1.29 is 4.74 Å². The quantitative estimate of drug-likeness (QED) is 0.701. The summed E-state index contributed by atoms with van der Waals surface area (Å²) in [5.74, 6) is 0. The van der Waals surface area contributed by atoms with Crippen LogP contribution < -0.4 is 0 Å². The van der Waals surface area contributed by atoms with Gasteiger partial charge in [0.05, 0.1) is 12.7 Å². The predicted molar refractivity (Wildman–Crippen MR) is 49.9 cm³/mol. The molecule has 0 amide bonds. The molecule has 1 aliphatic rings. The molecule has 0 aromatic heterocycles. The Labute approximate surface area is 76.3 Å². The molecule has 0 N–H and O–H groups in total. The molecule has 1 atom stereocenters.